The van der Waals surface area contributed by atoms with Crippen molar-refractivity contribution in [3.8, 4) is 0 Å². The van der Waals surface area contributed by atoms with Crippen molar-refractivity contribution in [2.75, 3.05) is 29.6 Å². The number of anilines is 2. The first-order valence-electron chi connectivity index (χ1n) is 9.35. The first-order valence-corrected chi connectivity index (χ1v) is 13.9. The Morgan fingerprint density at radius 3 is 2.19 bits per heavy atom. The normalized spacial score (nSPS) is 16.6. The van der Waals surface area contributed by atoms with E-state index in [1.165, 1.54) is 27.7 Å². The fourth-order valence-corrected chi connectivity index (χ4v) is 6.44. The Morgan fingerprint density at radius 2 is 1.56 bits per heavy atom. The van der Waals surface area contributed by atoms with E-state index in [2.05, 4.69) is 99.4 Å². The Bertz CT molecular complexity index is 930. The Hall–Kier alpha value is -1.57. The van der Waals surface area contributed by atoms with Gasteiger partial charge in [0.15, 0.2) is 0 Å². The van der Waals surface area contributed by atoms with Gasteiger partial charge in [-0.2, -0.15) is 0 Å². The van der Waals surface area contributed by atoms with E-state index >= 15 is 0 Å². The fraction of sp³-hybridized carbons (Fsp3) is 0.273. The Balaban J connectivity index is 1.45. The van der Waals surface area contributed by atoms with Crippen LogP contribution in [0.15, 0.2) is 66.7 Å². The Morgan fingerprint density at radius 1 is 0.926 bits per heavy atom. The summed E-state index contributed by atoms with van der Waals surface area (Å²) in [5, 5.41) is 9.93. The van der Waals surface area contributed by atoms with Crippen LogP contribution < -0.4 is 10.6 Å². The van der Waals surface area contributed by atoms with Crippen LogP contribution in [-0.2, 0) is 11.2 Å². The molecule has 1 aliphatic rings. The predicted octanol–water partition coefficient (Wildman–Crippen LogP) is 5.30. The number of ether oxygens (including phenoxy) is 1. The molecule has 0 saturated carbocycles. The van der Waals surface area contributed by atoms with Crippen molar-refractivity contribution in [1.82, 2.24) is 0 Å². The zero-order valence-electron chi connectivity index (χ0n) is 15.5. The molecule has 1 aliphatic heterocycles. The zero-order valence-corrected chi connectivity index (χ0v) is 18.1. The van der Waals surface area contributed by atoms with Gasteiger partial charge in [0.25, 0.3) is 0 Å². The van der Waals surface area contributed by atoms with Crippen molar-refractivity contribution in [2.24, 2.45) is 0 Å². The van der Waals surface area contributed by atoms with Gasteiger partial charge in [-0.05, 0) is 0 Å². The number of hydrogen-bond donors (Lipinski definition) is 2. The SMILES string of the molecule is CC(Cc1ccccc1)OCP1(=[Se])CNc2cccc3cccc(c23)NC1. The molecule has 3 aromatic carbocycles. The maximum atomic E-state index is 6.28. The minimum atomic E-state index is -1.42. The van der Waals surface area contributed by atoms with Gasteiger partial charge in [0.1, 0.15) is 0 Å². The molecule has 2 N–H and O–H groups in total. The van der Waals surface area contributed by atoms with E-state index in [1.54, 1.807) is 0 Å². The molecule has 27 heavy (non-hydrogen) atoms. The van der Waals surface area contributed by atoms with Crippen LogP contribution in [0.1, 0.15) is 12.5 Å². The van der Waals surface area contributed by atoms with Gasteiger partial charge in [0.05, 0.1) is 0 Å². The van der Waals surface area contributed by atoms with Crippen molar-refractivity contribution in [1.29, 1.82) is 0 Å². The molecule has 3 nitrogen and oxygen atoms in total. The molecule has 1 heterocycles. The van der Waals surface area contributed by atoms with Crippen molar-refractivity contribution in [3.63, 3.8) is 0 Å². The van der Waals surface area contributed by atoms with Crippen LogP contribution in [-0.4, -0.2) is 40.1 Å². The molecule has 3 aromatic rings. The first-order chi connectivity index (χ1) is 13.1. The molecule has 0 amide bonds. The molecular weight excluding hydrogens is 418 g/mol. The van der Waals surface area contributed by atoms with E-state index in [9.17, 15) is 0 Å². The third-order valence-corrected chi connectivity index (χ3v) is 9.36. The summed E-state index contributed by atoms with van der Waals surface area (Å²) in [7, 11) is 0. The molecule has 0 fully saturated rings. The summed E-state index contributed by atoms with van der Waals surface area (Å²) >= 11 is 3.50. The molecule has 5 heteroatoms. The zero-order chi connectivity index (χ0) is 18.7. The van der Waals surface area contributed by atoms with Gasteiger partial charge in [0.2, 0.25) is 0 Å². The van der Waals surface area contributed by atoms with Crippen LogP contribution in [0, 0.1) is 0 Å². The van der Waals surface area contributed by atoms with Crippen molar-refractivity contribution < 1.29 is 4.74 Å². The molecule has 0 bridgehead atoms. The van der Waals surface area contributed by atoms with E-state index in [0.717, 1.165) is 25.3 Å². The Labute approximate surface area is 168 Å². The minimum absolute atomic E-state index is 0.207. The van der Waals surface area contributed by atoms with Crippen LogP contribution in [0.25, 0.3) is 10.8 Å². The summed E-state index contributed by atoms with van der Waals surface area (Å²) in [6, 6.07) is 23.5. The van der Waals surface area contributed by atoms with Gasteiger partial charge >= 0.3 is 169 Å². The second kappa shape index (κ2) is 8.20. The maximum absolute atomic E-state index is 6.28. The van der Waals surface area contributed by atoms with Gasteiger partial charge in [-0.3, -0.25) is 0 Å². The number of benzene rings is 3. The number of rotatable bonds is 5. The predicted molar refractivity (Wildman–Crippen MR) is 119 cm³/mol. The standard InChI is InChI=1S/C22H25N2OPSe/c1-17(13-18-7-3-2-4-8-18)25-16-26(27)14-23-20-11-5-9-19-10-6-12-21(22(19)20)24-15-26/h2-12,17,23-24H,13-16H2,1H3. The third-order valence-electron chi connectivity index (χ3n) is 4.98. The second-order valence-corrected chi connectivity index (χ2v) is 15.1. The van der Waals surface area contributed by atoms with E-state index in [0.29, 0.717) is 0 Å². The summed E-state index contributed by atoms with van der Waals surface area (Å²) in [4.78, 5) is 0. The van der Waals surface area contributed by atoms with Crippen molar-refractivity contribution >= 4 is 42.8 Å². The van der Waals surface area contributed by atoms with E-state index < -0.39 is 5.51 Å². The van der Waals surface area contributed by atoms with Gasteiger partial charge in [-0.25, -0.2) is 0 Å². The van der Waals surface area contributed by atoms with Crippen LogP contribution >= 0.6 is 5.51 Å². The number of hydrogen-bond acceptors (Lipinski definition) is 3. The van der Waals surface area contributed by atoms with Gasteiger partial charge in [-0.1, -0.05) is 0 Å². The summed E-state index contributed by atoms with van der Waals surface area (Å²) in [5.74, 6) is 0. The van der Waals surface area contributed by atoms with E-state index in [-0.39, 0.29) is 6.10 Å². The molecule has 0 aromatic heterocycles. The monoisotopic (exact) mass is 444 g/mol. The average molecular weight is 443 g/mol. The first kappa shape index (κ1) is 18.8. The summed E-state index contributed by atoms with van der Waals surface area (Å²) in [6.07, 6.45) is 3.80. The summed E-state index contributed by atoms with van der Waals surface area (Å²) in [5.41, 5.74) is 2.30. The summed E-state index contributed by atoms with van der Waals surface area (Å²) in [6.45, 7) is 2.17. The second-order valence-electron chi connectivity index (χ2n) is 7.23. The van der Waals surface area contributed by atoms with Gasteiger partial charge < -0.3 is 0 Å². The molecule has 140 valence electrons. The van der Waals surface area contributed by atoms with Gasteiger partial charge in [-0.15, -0.1) is 0 Å². The molecule has 0 aliphatic carbocycles. The van der Waals surface area contributed by atoms with Crippen LogP contribution in [0.3, 0.4) is 0 Å². The van der Waals surface area contributed by atoms with Crippen LogP contribution in [0.5, 0.6) is 0 Å². The molecular formula is C22H25N2OPSe. The van der Waals surface area contributed by atoms with Crippen LogP contribution in [0.2, 0.25) is 0 Å². The molecule has 1 unspecified atom stereocenters. The quantitative estimate of drug-likeness (QED) is 0.415. The van der Waals surface area contributed by atoms with Crippen molar-refractivity contribution in [3.05, 3.63) is 72.3 Å². The molecule has 0 radical (unpaired) electrons. The topological polar surface area (TPSA) is 33.3 Å². The Kier molecular flexibility index (Phi) is 5.71. The average Bonchev–Trinajstić information content (AvgIpc) is 2.69. The van der Waals surface area contributed by atoms with Gasteiger partial charge in [0, 0.05) is 0 Å². The van der Waals surface area contributed by atoms with E-state index in [4.69, 9.17) is 4.74 Å². The van der Waals surface area contributed by atoms with Crippen molar-refractivity contribution in [2.45, 2.75) is 19.4 Å². The van der Waals surface area contributed by atoms with E-state index in [1.807, 2.05) is 0 Å². The molecule has 0 spiro atoms. The van der Waals surface area contributed by atoms with Crippen LogP contribution in [0.4, 0.5) is 11.4 Å². The molecule has 1 atom stereocenters. The third kappa shape index (κ3) is 4.47. The fourth-order valence-electron chi connectivity index (χ4n) is 3.51. The number of nitrogens with one attached hydrogen (secondary N) is 2. The summed E-state index contributed by atoms with van der Waals surface area (Å²) < 4.78 is 6.28. The molecule has 0 saturated heterocycles. The molecule has 4 rings (SSSR count).